The molecule has 0 aromatic carbocycles. The smallest absolute Gasteiger partial charge is 0.334 e. The second-order valence-electron chi connectivity index (χ2n) is 15.0. The number of hydrogen-bond acceptors (Lipinski definition) is 7. The molecule has 7 aliphatic rings. The van der Waals surface area contributed by atoms with Crippen LogP contribution in [0.5, 0.6) is 0 Å². The number of fused-ring (bicyclic) bond motifs is 6. The summed E-state index contributed by atoms with van der Waals surface area (Å²) in [7, 11) is 0. The molecule has 2 aliphatic heterocycles. The van der Waals surface area contributed by atoms with Crippen LogP contribution in [0.4, 0.5) is 0 Å². The Balaban J connectivity index is 1.45. The summed E-state index contributed by atoms with van der Waals surface area (Å²) >= 11 is 0. The van der Waals surface area contributed by atoms with Crippen molar-refractivity contribution in [2.24, 2.45) is 51.8 Å². The molecule has 2 heterocycles. The van der Waals surface area contributed by atoms with E-state index in [0.717, 1.165) is 5.57 Å². The number of ketones is 1. The van der Waals surface area contributed by atoms with Crippen LogP contribution in [-0.2, 0) is 23.9 Å². The molecule has 1 spiro atoms. The summed E-state index contributed by atoms with van der Waals surface area (Å²) < 4.78 is 12.6. The Morgan fingerprint density at radius 2 is 1.85 bits per heavy atom. The number of ether oxygens (including phenoxy) is 2. The second-order valence-corrected chi connectivity index (χ2v) is 15.0. The third kappa shape index (κ3) is 2.87. The van der Waals surface area contributed by atoms with E-state index in [4.69, 9.17) is 9.47 Å². The van der Waals surface area contributed by atoms with E-state index >= 15 is 0 Å². The van der Waals surface area contributed by atoms with E-state index in [9.17, 15) is 24.6 Å². The van der Waals surface area contributed by atoms with E-state index in [0.29, 0.717) is 37.7 Å². The molecule has 13 atom stereocenters. The van der Waals surface area contributed by atoms with Gasteiger partial charge in [0.2, 0.25) is 0 Å². The van der Waals surface area contributed by atoms with E-state index in [1.807, 2.05) is 13.8 Å². The molecule has 0 radical (unpaired) electrons. The number of aliphatic hydroxyl groups is 2. The fourth-order valence-electron chi connectivity index (χ4n) is 11.5. The van der Waals surface area contributed by atoms with Gasteiger partial charge in [0.1, 0.15) is 18.0 Å². The molecule has 5 fully saturated rings. The summed E-state index contributed by atoms with van der Waals surface area (Å²) in [5.41, 5.74) is -3.24. The van der Waals surface area contributed by atoms with Crippen molar-refractivity contribution in [1.29, 1.82) is 0 Å². The van der Waals surface area contributed by atoms with Crippen LogP contribution >= 0.6 is 0 Å². The lowest BCUT2D eigenvalue weighted by atomic mass is 9.52. The molecule has 0 unspecified atom stereocenters. The molecule has 216 valence electrons. The highest BCUT2D eigenvalue weighted by Gasteiger charge is 2.84. The molecule has 40 heavy (non-hydrogen) atoms. The fraction of sp³-hybridized carbons (Fsp3) is 0.727. The number of carbonyl (C=O) groups excluding carboxylic acids is 3. The summed E-state index contributed by atoms with van der Waals surface area (Å²) in [6.07, 6.45) is 8.17. The van der Waals surface area contributed by atoms with Gasteiger partial charge in [0, 0.05) is 52.4 Å². The monoisotopic (exact) mass is 550 g/mol. The maximum atomic E-state index is 14.6. The van der Waals surface area contributed by atoms with Crippen molar-refractivity contribution in [1.82, 2.24) is 0 Å². The quantitative estimate of drug-likeness (QED) is 0.303. The Bertz CT molecular complexity index is 1310. The minimum atomic E-state index is -1.15. The third-order valence-corrected chi connectivity index (χ3v) is 13.2. The van der Waals surface area contributed by atoms with Crippen molar-refractivity contribution in [3.05, 3.63) is 36.0 Å². The van der Waals surface area contributed by atoms with Crippen molar-refractivity contribution in [2.75, 3.05) is 0 Å². The predicted molar refractivity (Wildman–Crippen MR) is 145 cm³/mol. The highest BCUT2D eigenvalue weighted by atomic mass is 16.6. The van der Waals surface area contributed by atoms with Gasteiger partial charge in [-0.2, -0.15) is 0 Å². The van der Waals surface area contributed by atoms with E-state index in [1.165, 1.54) is 0 Å². The lowest BCUT2D eigenvalue weighted by Crippen LogP contribution is -2.51. The van der Waals surface area contributed by atoms with Gasteiger partial charge in [-0.15, -0.1) is 0 Å². The molecule has 0 aromatic heterocycles. The average Bonchev–Trinajstić information content (AvgIpc) is 3.56. The van der Waals surface area contributed by atoms with Crippen LogP contribution < -0.4 is 0 Å². The Kier molecular flexibility index (Phi) is 5.17. The van der Waals surface area contributed by atoms with E-state index in [1.54, 1.807) is 6.92 Å². The van der Waals surface area contributed by atoms with E-state index in [2.05, 4.69) is 38.7 Å². The molecule has 7 rings (SSSR count). The van der Waals surface area contributed by atoms with Crippen LogP contribution in [0.1, 0.15) is 73.1 Å². The first-order valence-corrected chi connectivity index (χ1v) is 15.0. The number of carbonyl (C=O) groups is 3. The first-order chi connectivity index (χ1) is 18.6. The molecule has 7 heteroatoms. The Hall–Kier alpha value is -2.25. The number of rotatable bonds is 2. The zero-order valence-electron chi connectivity index (χ0n) is 24.2. The van der Waals surface area contributed by atoms with Gasteiger partial charge in [-0.05, 0) is 65.7 Å². The number of esters is 2. The zero-order chi connectivity index (χ0) is 28.8. The molecule has 2 saturated heterocycles. The maximum Gasteiger partial charge on any atom is 0.334 e. The largest absolute Gasteiger partial charge is 0.461 e. The van der Waals surface area contributed by atoms with Crippen LogP contribution in [0.25, 0.3) is 0 Å². The van der Waals surface area contributed by atoms with Crippen LogP contribution in [0.2, 0.25) is 0 Å². The van der Waals surface area contributed by atoms with Gasteiger partial charge in [0.25, 0.3) is 0 Å². The van der Waals surface area contributed by atoms with Crippen molar-refractivity contribution in [2.45, 2.75) is 96.6 Å². The molecular weight excluding hydrogens is 508 g/mol. The highest BCUT2D eigenvalue weighted by Crippen LogP contribution is 2.81. The number of Topliss-reactive ketones (excluding diaryl/α,β-unsaturated/α-hetero) is 1. The first kappa shape index (κ1) is 26.6. The van der Waals surface area contributed by atoms with Gasteiger partial charge >= 0.3 is 11.9 Å². The second kappa shape index (κ2) is 7.77. The van der Waals surface area contributed by atoms with Gasteiger partial charge in [0.05, 0.1) is 16.6 Å². The van der Waals surface area contributed by atoms with Crippen LogP contribution in [-0.4, -0.2) is 51.3 Å². The van der Waals surface area contributed by atoms with Crippen LogP contribution in [0.15, 0.2) is 36.0 Å². The SMILES string of the molecule is C=C1C(=O)O[C@@H]2[C@@H]3[C@@]4(C=C[C@@]3(C)[C@]3(C4)C(=O)O[C@@H]4[C@@H]5C(C)=CC[C@@H]5[C@](C)(O)C[C@@H](CC(C)=O)[C@H]43)[C@](C)(O)CC[C@@H]12. The zero-order valence-corrected chi connectivity index (χ0v) is 24.2. The third-order valence-electron chi connectivity index (χ3n) is 13.2. The summed E-state index contributed by atoms with van der Waals surface area (Å²) in [5.74, 6) is -2.03. The highest BCUT2D eigenvalue weighted by molar-refractivity contribution is 5.91. The summed E-state index contributed by atoms with van der Waals surface area (Å²) in [4.78, 5) is 40.2. The van der Waals surface area contributed by atoms with Gasteiger partial charge < -0.3 is 24.5 Å². The number of allylic oxidation sites excluding steroid dienone is 2. The molecule has 0 amide bonds. The molecule has 2 N–H and O–H groups in total. The Morgan fingerprint density at radius 3 is 2.55 bits per heavy atom. The summed E-state index contributed by atoms with van der Waals surface area (Å²) in [5, 5.41) is 24.1. The topological polar surface area (TPSA) is 110 Å². The fourth-order valence-corrected chi connectivity index (χ4v) is 11.5. The lowest BCUT2D eigenvalue weighted by molar-refractivity contribution is -0.157. The van der Waals surface area contributed by atoms with Crippen molar-refractivity contribution in [3.63, 3.8) is 0 Å². The van der Waals surface area contributed by atoms with Crippen molar-refractivity contribution >= 4 is 17.7 Å². The maximum absolute atomic E-state index is 14.6. The van der Waals surface area contributed by atoms with E-state index in [-0.39, 0.29) is 53.7 Å². The average molecular weight is 551 g/mol. The number of hydrogen-bond donors (Lipinski definition) is 2. The molecule has 7 nitrogen and oxygen atoms in total. The van der Waals surface area contributed by atoms with Crippen LogP contribution in [0.3, 0.4) is 0 Å². The summed E-state index contributed by atoms with van der Waals surface area (Å²) in [6, 6.07) is 0. The molecule has 0 aromatic rings. The predicted octanol–water partition coefficient (Wildman–Crippen LogP) is 4.07. The minimum Gasteiger partial charge on any atom is -0.461 e. The van der Waals surface area contributed by atoms with E-state index < -0.39 is 45.6 Å². The van der Waals surface area contributed by atoms with Gasteiger partial charge in [-0.25, -0.2) is 4.79 Å². The van der Waals surface area contributed by atoms with Crippen molar-refractivity contribution < 1.29 is 34.1 Å². The van der Waals surface area contributed by atoms with Gasteiger partial charge in [-0.1, -0.05) is 37.3 Å². The van der Waals surface area contributed by atoms with Gasteiger partial charge in [0.15, 0.2) is 0 Å². The van der Waals surface area contributed by atoms with Crippen molar-refractivity contribution in [3.8, 4) is 0 Å². The molecule has 2 bridgehead atoms. The minimum absolute atomic E-state index is 0.0256. The van der Waals surface area contributed by atoms with Gasteiger partial charge in [-0.3, -0.25) is 4.79 Å². The lowest BCUT2D eigenvalue weighted by Gasteiger charge is -2.47. The molecular formula is C33H42O7. The molecule has 3 saturated carbocycles. The standard InChI is InChI=1S/C33H42O7/c1-16-7-8-21-22(16)25-23(19(13-17(2)34)14-30(21,5)37)33(28(36)40-25)15-32-12-11-29(33,4)26(32)24-20(9-10-31(32,6)38)18(3)27(35)39-24/h7,11-12,19-26,37-38H,3,8-10,13-15H2,1-2,4-6H3/t19-,20+,21+,22-,23-,24+,25-,26+,29-,30-,31-,32+,33+/m1/s1. The molecule has 5 aliphatic carbocycles. The Labute approximate surface area is 236 Å². The summed E-state index contributed by atoms with van der Waals surface area (Å²) in [6.45, 7) is 13.5. The van der Waals surface area contributed by atoms with Crippen LogP contribution in [0, 0.1) is 51.8 Å². The Morgan fingerprint density at radius 1 is 1.12 bits per heavy atom. The first-order valence-electron chi connectivity index (χ1n) is 15.0. The normalized spacial score (nSPS) is 55.7.